The first kappa shape index (κ1) is 15.5. The number of likely N-dealkylation sites (tertiary alicyclic amines) is 1. The first-order valence-corrected chi connectivity index (χ1v) is 8.26. The van der Waals surface area contributed by atoms with Gasteiger partial charge < -0.3 is 5.32 Å². The fourth-order valence-corrected chi connectivity index (χ4v) is 3.13. The largest absolute Gasteiger partial charge is 0.319 e. The molecule has 1 aliphatic heterocycles. The SMILES string of the molecule is CCC1CCCN(Cc2ccc(CCNC)cc2)CC1. The minimum absolute atomic E-state index is 0.962. The van der Waals surface area contributed by atoms with Crippen LogP contribution in [0.4, 0.5) is 0 Å². The number of rotatable bonds is 6. The van der Waals surface area contributed by atoms with Gasteiger partial charge in [0.15, 0.2) is 0 Å². The Morgan fingerprint density at radius 2 is 1.85 bits per heavy atom. The average molecular weight is 274 g/mol. The predicted octanol–water partition coefficient (Wildman–Crippen LogP) is 3.46. The van der Waals surface area contributed by atoms with Crippen molar-refractivity contribution in [3.05, 3.63) is 35.4 Å². The van der Waals surface area contributed by atoms with E-state index in [0.29, 0.717) is 0 Å². The molecule has 0 radical (unpaired) electrons. The number of hydrogen-bond acceptors (Lipinski definition) is 2. The van der Waals surface area contributed by atoms with E-state index in [-0.39, 0.29) is 0 Å². The van der Waals surface area contributed by atoms with Crippen LogP contribution in [-0.2, 0) is 13.0 Å². The lowest BCUT2D eigenvalue weighted by molar-refractivity contribution is 0.272. The summed E-state index contributed by atoms with van der Waals surface area (Å²) in [6, 6.07) is 9.21. The molecule has 2 rings (SSSR count). The van der Waals surface area contributed by atoms with Crippen LogP contribution in [0.1, 0.15) is 43.7 Å². The van der Waals surface area contributed by atoms with Gasteiger partial charge in [-0.25, -0.2) is 0 Å². The van der Waals surface area contributed by atoms with Crippen molar-refractivity contribution in [3.63, 3.8) is 0 Å². The van der Waals surface area contributed by atoms with Crippen molar-refractivity contribution in [1.29, 1.82) is 0 Å². The van der Waals surface area contributed by atoms with Crippen molar-refractivity contribution in [2.24, 2.45) is 5.92 Å². The highest BCUT2D eigenvalue weighted by Gasteiger charge is 2.15. The van der Waals surface area contributed by atoms with Crippen molar-refractivity contribution >= 4 is 0 Å². The zero-order valence-electron chi connectivity index (χ0n) is 13.2. The van der Waals surface area contributed by atoms with Crippen molar-refractivity contribution in [2.75, 3.05) is 26.7 Å². The summed E-state index contributed by atoms with van der Waals surface area (Å²) >= 11 is 0. The molecule has 1 N–H and O–H groups in total. The third-order valence-corrected chi connectivity index (χ3v) is 4.61. The molecule has 1 aliphatic rings. The summed E-state index contributed by atoms with van der Waals surface area (Å²) in [5, 5.41) is 3.20. The molecule has 1 heterocycles. The van der Waals surface area contributed by atoms with Gasteiger partial charge in [0, 0.05) is 6.54 Å². The molecule has 1 unspecified atom stereocenters. The molecule has 0 spiro atoms. The van der Waals surface area contributed by atoms with E-state index in [4.69, 9.17) is 0 Å². The van der Waals surface area contributed by atoms with Gasteiger partial charge in [-0.3, -0.25) is 4.90 Å². The highest BCUT2D eigenvalue weighted by Crippen LogP contribution is 2.21. The van der Waals surface area contributed by atoms with Crippen LogP contribution >= 0.6 is 0 Å². The lowest BCUT2D eigenvalue weighted by Crippen LogP contribution is -2.24. The molecule has 0 aliphatic carbocycles. The standard InChI is InChI=1S/C18H30N2/c1-3-16-5-4-13-20(14-11-16)15-18-8-6-17(7-9-18)10-12-19-2/h6-9,16,19H,3-5,10-15H2,1-2H3. The predicted molar refractivity (Wildman–Crippen MR) is 87.0 cm³/mol. The maximum Gasteiger partial charge on any atom is 0.0233 e. The van der Waals surface area contributed by atoms with Gasteiger partial charge in [-0.15, -0.1) is 0 Å². The monoisotopic (exact) mass is 274 g/mol. The average Bonchev–Trinajstić information content (AvgIpc) is 2.72. The molecule has 1 saturated heterocycles. The van der Waals surface area contributed by atoms with Crippen molar-refractivity contribution in [2.45, 2.75) is 45.6 Å². The van der Waals surface area contributed by atoms with Crippen LogP contribution in [0.15, 0.2) is 24.3 Å². The van der Waals surface area contributed by atoms with Gasteiger partial charge in [0.05, 0.1) is 0 Å². The quantitative estimate of drug-likeness (QED) is 0.854. The zero-order valence-corrected chi connectivity index (χ0v) is 13.2. The molecule has 20 heavy (non-hydrogen) atoms. The van der Waals surface area contributed by atoms with E-state index in [1.54, 1.807) is 0 Å². The molecule has 1 atom stereocenters. The number of benzene rings is 1. The van der Waals surface area contributed by atoms with Gasteiger partial charge in [0.25, 0.3) is 0 Å². The van der Waals surface area contributed by atoms with E-state index in [1.165, 1.54) is 49.9 Å². The minimum atomic E-state index is 0.962. The second-order valence-electron chi connectivity index (χ2n) is 6.15. The van der Waals surface area contributed by atoms with Gasteiger partial charge in [-0.1, -0.05) is 37.6 Å². The summed E-state index contributed by atoms with van der Waals surface area (Å²) in [7, 11) is 2.01. The Labute approximate surface area is 124 Å². The number of nitrogens with zero attached hydrogens (tertiary/aromatic N) is 1. The zero-order chi connectivity index (χ0) is 14.2. The van der Waals surface area contributed by atoms with E-state index >= 15 is 0 Å². The topological polar surface area (TPSA) is 15.3 Å². The number of hydrogen-bond donors (Lipinski definition) is 1. The molecule has 0 aromatic heterocycles. The van der Waals surface area contributed by atoms with Crippen LogP contribution in [0.2, 0.25) is 0 Å². The first-order chi connectivity index (χ1) is 9.81. The van der Waals surface area contributed by atoms with Crippen molar-refractivity contribution in [3.8, 4) is 0 Å². The van der Waals surface area contributed by atoms with Gasteiger partial charge >= 0.3 is 0 Å². The molecule has 2 heteroatoms. The van der Waals surface area contributed by atoms with Crippen molar-refractivity contribution < 1.29 is 0 Å². The molecule has 2 nitrogen and oxygen atoms in total. The van der Waals surface area contributed by atoms with E-state index < -0.39 is 0 Å². The summed E-state index contributed by atoms with van der Waals surface area (Å²) in [4.78, 5) is 2.64. The lowest BCUT2D eigenvalue weighted by Gasteiger charge is -2.20. The van der Waals surface area contributed by atoms with E-state index in [0.717, 1.165) is 25.4 Å². The third-order valence-electron chi connectivity index (χ3n) is 4.61. The third kappa shape index (κ3) is 4.92. The Balaban J connectivity index is 1.83. The van der Waals surface area contributed by atoms with Crippen LogP contribution in [0.5, 0.6) is 0 Å². The Morgan fingerprint density at radius 3 is 2.55 bits per heavy atom. The smallest absolute Gasteiger partial charge is 0.0233 e. The Hall–Kier alpha value is -0.860. The Bertz CT molecular complexity index is 372. The maximum atomic E-state index is 3.20. The molecule has 1 fully saturated rings. The van der Waals surface area contributed by atoms with Crippen LogP contribution in [-0.4, -0.2) is 31.6 Å². The van der Waals surface area contributed by atoms with Crippen LogP contribution < -0.4 is 5.32 Å². The summed E-state index contributed by atoms with van der Waals surface area (Å²) in [5.74, 6) is 0.962. The second-order valence-corrected chi connectivity index (χ2v) is 6.15. The summed E-state index contributed by atoms with van der Waals surface area (Å²) in [6.45, 7) is 7.08. The molecule has 0 amide bonds. The van der Waals surface area contributed by atoms with Gasteiger partial charge in [-0.05, 0) is 69.4 Å². The van der Waals surface area contributed by atoms with Gasteiger partial charge in [0.2, 0.25) is 0 Å². The number of nitrogens with one attached hydrogen (secondary N) is 1. The minimum Gasteiger partial charge on any atom is -0.319 e. The fraction of sp³-hybridized carbons (Fsp3) is 0.667. The lowest BCUT2D eigenvalue weighted by atomic mass is 9.98. The molecule has 1 aromatic carbocycles. The Kier molecular flexibility index (Phi) is 6.55. The van der Waals surface area contributed by atoms with E-state index in [2.05, 4.69) is 41.4 Å². The summed E-state index contributed by atoms with van der Waals surface area (Å²) < 4.78 is 0. The Morgan fingerprint density at radius 1 is 1.10 bits per heavy atom. The van der Waals surface area contributed by atoms with E-state index in [1.807, 2.05) is 7.05 Å². The van der Waals surface area contributed by atoms with Gasteiger partial charge in [0.1, 0.15) is 0 Å². The van der Waals surface area contributed by atoms with Crippen molar-refractivity contribution in [1.82, 2.24) is 10.2 Å². The highest BCUT2D eigenvalue weighted by molar-refractivity contribution is 5.22. The summed E-state index contributed by atoms with van der Waals surface area (Å²) in [5.41, 5.74) is 2.90. The normalized spacial score (nSPS) is 20.8. The van der Waals surface area contributed by atoms with E-state index in [9.17, 15) is 0 Å². The molecule has 1 aromatic rings. The van der Waals surface area contributed by atoms with Gasteiger partial charge in [-0.2, -0.15) is 0 Å². The maximum absolute atomic E-state index is 3.20. The molecular weight excluding hydrogens is 244 g/mol. The van der Waals surface area contributed by atoms with Crippen LogP contribution in [0.3, 0.4) is 0 Å². The molecule has 0 bridgehead atoms. The summed E-state index contributed by atoms with van der Waals surface area (Å²) in [6.07, 6.45) is 6.66. The first-order valence-electron chi connectivity index (χ1n) is 8.26. The van der Waals surface area contributed by atoms with Crippen LogP contribution in [0.25, 0.3) is 0 Å². The fourth-order valence-electron chi connectivity index (χ4n) is 3.13. The molecular formula is C18H30N2. The highest BCUT2D eigenvalue weighted by atomic mass is 15.1. The second kappa shape index (κ2) is 8.43. The molecule has 0 saturated carbocycles. The van der Waals surface area contributed by atoms with Crippen LogP contribution in [0, 0.1) is 5.92 Å². The molecule has 112 valence electrons. The number of likely N-dealkylation sites (N-methyl/N-ethyl adjacent to an activating group) is 1.